The van der Waals surface area contributed by atoms with Gasteiger partial charge >= 0.3 is 5.97 Å². The normalized spacial score (nSPS) is 26.8. The lowest BCUT2D eigenvalue weighted by molar-refractivity contribution is -0.128. The molecule has 1 aromatic heterocycles. The minimum Gasteiger partial charge on any atom is -0.478 e. The van der Waals surface area contributed by atoms with Gasteiger partial charge in [-0.2, -0.15) is 5.10 Å². The highest BCUT2D eigenvalue weighted by Gasteiger charge is 2.69. The second-order valence-corrected chi connectivity index (χ2v) is 12.2. The number of benzene rings is 3. The van der Waals surface area contributed by atoms with Crippen molar-refractivity contribution in [2.75, 3.05) is 11.9 Å². The molecule has 4 atom stereocenters. The molecule has 1 unspecified atom stereocenters. The van der Waals surface area contributed by atoms with Crippen molar-refractivity contribution in [1.82, 2.24) is 14.7 Å². The second-order valence-electron chi connectivity index (χ2n) is 11.3. The molecule has 4 heterocycles. The van der Waals surface area contributed by atoms with Crippen LogP contribution in [-0.4, -0.2) is 44.3 Å². The molecule has 1 aliphatic carbocycles. The topological polar surface area (TPSA) is 87.5 Å². The summed E-state index contributed by atoms with van der Waals surface area (Å²) in [5.74, 6) is -2.00. The highest BCUT2D eigenvalue weighted by atomic mass is 35.5. The molecule has 10 heteroatoms. The molecule has 3 aliphatic heterocycles. The van der Waals surface area contributed by atoms with Crippen molar-refractivity contribution < 1.29 is 19.1 Å². The lowest BCUT2D eigenvalue weighted by atomic mass is 9.73. The number of likely N-dealkylation sites (tertiary alicyclic amines) is 1. The first-order chi connectivity index (χ1) is 19.3. The molecule has 8 rings (SSSR count). The minimum atomic E-state index is -1.20. The summed E-state index contributed by atoms with van der Waals surface area (Å²) >= 11 is 12.7. The lowest BCUT2D eigenvalue weighted by Crippen LogP contribution is -2.53. The third kappa shape index (κ3) is 3.12. The molecule has 3 aromatic carbocycles. The van der Waals surface area contributed by atoms with Crippen molar-refractivity contribution in [2.45, 2.75) is 42.8 Å². The maximum absolute atomic E-state index is 16.0. The predicted octanol–water partition coefficient (Wildman–Crippen LogP) is 6.00. The standard InChI is InChI=1S/C30H23Cl2FN4O3/c31-16-7-9-19-22(11-16)34-29(40)30(19)25(18-2-1-3-20(32)26(18)33)27-24(36(30)13-14-4-5-14)12-23-17-8-6-15(28(38)39)10-21(17)35-37(23)27/h1-3,6-11,14,24-25,27H,4-5,12-13H2,(H,34,40)(H,38,39)/t24-,25-,27?,30+/m0/s1. The SMILES string of the molecule is O=C(O)c1ccc2c3n(nc2c1)C1[C@H](C3)N(CC2CC2)[C@@]2(C(=O)Nc3cc(Cl)ccc32)[C@H]1c1cccc(Cl)c1F. The summed E-state index contributed by atoms with van der Waals surface area (Å²) in [7, 11) is 0. The van der Waals surface area contributed by atoms with Gasteiger partial charge < -0.3 is 10.4 Å². The molecule has 40 heavy (non-hydrogen) atoms. The summed E-state index contributed by atoms with van der Waals surface area (Å²) in [6.45, 7) is 0.696. The van der Waals surface area contributed by atoms with E-state index in [1.54, 1.807) is 42.5 Å². The van der Waals surface area contributed by atoms with Crippen molar-refractivity contribution in [3.05, 3.63) is 92.8 Å². The van der Waals surface area contributed by atoms with Gasteiger partial charge in [0.25, 0.3) is 0 Å². The molecule has 0 radical (unpaired) electrons. The smallest absolute Gasteiger partial charge is 0.335 e. The molecule has 4 aromatic rings. The van der Waals surface area contributed by atoms with E-state index in [1.165, 1.54) is 6.07 Å². The van der Waals surface area contributed by atoms with Crippen LogP contribution in [0.15, 0.2) is 54.6 Å². The molecule has 2 N–H and O–H groups in total. The molecule has 1 saturated heterocycles. The third-order valence-electron chi connectivity index (χ3n) is 9.23. The molecule has 1 spiro atoms. The molecule has 202 valence electrons. The summed E-state index contributed by atoms with van der Waals surface area (Å²) in [4.78, 5) is 28.3. The first-order valence-electron chi connectivity index (χ1n) is 13.4. The Balaban J connectivity index is 1.42. The number of aromatic carboxylic acids is 1. The number of carbonyl (C=O) groups excluding carboxylic acids is 1. The van der Waals surface area contributed by atoms with Crippen LogP contribution in [0.5, 0.6) is 0 Å². The Labute approximate surface area is 238 Å². The van der Waals surface area contributed by atoms with Gasteiger partial charge in [-0.1, -0.05) is 47.5 Å². The van der Waals surface area contributed by atoms with Crippen LogP contribution in [0.2, 0.25) is 10.0 Å². The van der Waals surface area contributed by atoms with Crippen molar-refractivity contribution in [1.29, 1.82) is 0 Å². The van der Waals surface area contributed by atoms with Gasteiger partial charge in [-0.3, -0.25) is 14.4 Å². The molecular formula is C30H23Cl2FN4O3. The number of carboxylic acids is 1. The summed E-state index contributed by atoms with van der Waals surface area (Å²) in [5, 5.41) is 18.9. The monoisotopic (exact) mass is 576 g/mol. The first kappa shape index (κ1) is 24.3. The van der Waals surface area contributed by atoms with Gasteiger partial charge in [0.15, 0.2) is 0 Å². The van der Waals surface area contributed by atoms with E-state index in [0.29, 0.717) is 40.7 Å². The largest absolute Gasteiger partial charge is 0.478 e. The van der Waals surface area contributed by atoms with Gasteiger partial charge in [0.05, 0.1) is 22.1 Å². The van der Waals surface area contributed by atoms with Crippen LogP contribution >= 0.6 is 23.2 Å². The van der Waals surface area contributed by atoms with Crippen molar-refractivity contribution in [3.8, 4) is 0 Å². The summed E-state index contributed by atoms with van der Waals surface area (Å²) in [5.41, 5.74) is 2.23. The number of hydrogen-bond donors (Lipinski definition) is 2. The van der Waals surface area contributed by atoms with Crippen LogP contribution in [-0.2, 0) is 16.8 Å². The highest BCUT2D eigenvalue weighted by molar-refractivity contribution is 6.31. The predicted molar refractivity (Wildman–Crippen MR) is 149 cm³/mol. The molecule has 4 aliphatic rings. The Morgan fingerprint density at radius 3 is 2.75 bits per heavy atom. The van der Waals surface area contributed by atoms with Crippen molar-refractivity contribution in [2.24, 2.45) is 5.92 Å². The summed E-state index contributed by atoms with van der Waals surface area (Å²) in [6.07, 6.45) is 2.76. The Bertz CT molecular complexity index is 1790. The average molecular weight is 577 g/mol. The maximum atomic E-state index is 16.0. The second kappa shape index (κ2) is 8.28. The van der Waals surface area contributed by atoms with Crippen LogP contribution in [0.4, 0.5) is 10.1 Å². The fourth-order valence-electron chi connectivity index (χ4n) is 7.48. The number of amides is 1. The zero-order valence-corrected chi connectivity index (χ0v) is 22.6. The van der Waals surface area contributed by atoms with Crippen LogP contribution in [0.1, 0.15) is 52.0 Å². The van der Waals surface area contributed by atoms with E-state index in [2.05, 4.69) is 10.2 Å². The number of carbonyl (C=O) groups is 2. The Kier molecular flexibility index (Phi) is 5.04. The quantitative estimate of drug-likeness (QED) is 0.311. The van der Waals surface area contributed by atoms with E-state index in [-0.39, 0.29) is 22.5 Å². The van der Waals surface area contributed by atoms with Gasteiger partial charge in [-0.15, -0.1) is 0 Å². The van der Waals surface area contributed by atoms with Gasteiger partial charge in [0.1, 0.15) is 11.4 Å². The fraction of sp³-hybridized carbons (Fsp3) is 0.300. The van der Waals surface area contributed by atoms with Crippen LogP contribution in [0.25, 0.3) is 10.9 Å². The molecule has 2 fully saturated rings. The maximum Gasteiger partial charge on any atom is 0.335 e. The Morgan fingerprint density at radius 2 is 1.98 bits per heavy atom. The lowest BCUT2D eigenvalue weighted by Gasteiger charge is -2.40. The number of anilines is 1. The first-order valence-corrected chi connectivity index (χ1v) is 14.1. The van der Waals surface area contributed by atoms with E-state index < -0.39 is 29.3 Å². The number of aromatic nitrogens is 2. The fourth-order valence-corrected chi connectivity index (χ4v) is 7.84. The van der Waals surface area contributed by atoms with Gasteiger partial charge in [-0.25, -0.2) is 9.18 Å². The third-order valence-corrected chi connectivity index (χ3v) is 9.75. The molecular weight excluding hydrogens is 554 g/mol. The number of fused-ring (bicyclic) bond motifs is 7. The minimum absolute atomic E-state index is 0.00507. The zero-order valence-electron chi connectivity index (χ0n) is 21.1. The highest BCUT2D eigenvalue weighted by Crippen LogP contribution is 2.64. The molecule has 7 nitrogen and oxygen atoms in total. The molecule has 1 amide bonds. The van der Waals surface area contributed by atoms with Crippen molar-refractivity contribution in [3.63, 3.8) is 0 Å². The van der Waals surface area contributed by atoms with E-state index in [0.717, 1.165) is 29.5 Å². The van der Waals surface area contributed by atoms with Gasteiger partial charge in [-0.05, 0) is 54.7 Å². The van der Waals surface area contributed by atoms with E-state index >= 15 is 4.39 Å². The number of rotatable bonds is 4. The van der Waals surface area contributed by atoms with E-state index in [9.17, 15) is 14.7 Å². The summed E-state index contributed by atoms with van der Waals surface area (Å²) in [6, 6.07) is 14.8. The van der Waals surface area contributed by atoms with E-state index in [4.69, 9.17) is 28.3 Å². The zero-order chi connectivity index (χ0) is 27.5. The van der Waals surface area contributed by atoms with Gasteiger partial charge in [0, 0.05) is 52.3 Å². The molecule has 1 saturated carbocycles. The number of nitrogens with zero attached hydrogens (tertiary/aromatic N) is 3. The number of halogens is 3. The number of carboxylic acid groups (broad SMARTS) is 1. The Hall–Kier alpha value is -3.46. The van der Waals surface area contributed by atoms with E-state index in [1.807, 2.05) is 10.7 Å². The summed E-state index contributed by atoms with van der Waals surface area (Å²) < 4.78 is 18.0. The van der Waals surface area contributed by atoms with Crippen molar-refractivity contribution >= 4 is 51.7 Å². The molecule has 0 bridgehead atoms. The van der Waals surface area contributed by atoms with Crippen LogP contribution in [0, 0.1) is 11.7 Å². The number of hydrogen-bond acceptors (Lipinski definition) is 4. The van der Waals surface area contributed by atoms with Crippen LogP contribution < -0.4 is 5.32 Å². The van der Waals surface area contributed by atoms with Gasteiger partial charge in [0.2, 0.25) is 5.91 Å². The Morgan fingerprint density at radius 1 is 1.15 bits per heavy atom. The number of nitrogens with one attached hydrogen (secondary N) is 1. The average Bonchev–Trinajstić information content (AvgIpc) is 3.37. The van der Waals surface area contributed by atoms with Crippen LogP contribution in [0.3, 0.4) is 0 Å².